The largest absolute Gasteiger partial charge is 0.497 e. The number of nitrogens with zero attached hydrogens (tertiary/aromatic N) is 2. The van der Waals surface area contributed by atoms with E-state index < -0.39 is 17.2 Å². The van der Waals surface area contributed by atoms with Crippen molar-refractivity contribution >= 4 is 28.4 Å². The second-order valence-corrected chi connectivity index (χ2v) is 9.01. The zero-order valence-electron chi connectivity index (χ0n) is 21.6. The van der Waals surface area contributed by atoms with Crippen molar-refractivity contribution in [3.63, 3.8) is 0 Å². The molecule has 2 aromatic heterocycles. The summed E-state index contributed by atoms with van der Waals surface area (Å²) in [5.74, 6) is 0.577. The van der Waals surface area contributed by atoms with Gasteiger partial charge in [0.15, 0.2) is 0 Å². The molecule has 0 aliphatic rings. The van der Waals surface area contributed by atoms with Crippen LogP contribution in [0.15, 0.2) is 105 Å². The second kappa shape index (κ2) is 11.6. The van der Waals surface area contributed by atoms with Gasteiger partial charge in [-0.25, -0.2) is 4.79 Å². The summed E-state index contributed by atoms with van der Waals surface area (Å²) in [6, 6.07) is 23.6. The van der Waals surface area contributed by atoms with Gasteiger partial charge in [-0.15, -0.1) is 0 Å². The van der Waals surface area contributed by atoms with Crippen LogP contribution in [0.25, 0.3) is 10.9 Å². The average molecular weight is 539 g/mol. The van der Waals surface area contributed by atoms with Gasteiger partial charge in [-0.05, 0) is 66.2 Å². The summed E-state index contributed by atoms with van der Waals surface area (Å²) in [6.07, 6.45) is 1.53. The van der Waals surface area contributed by atoms with Gasteiger partial charge in [-0.2, -0.15) is 0 Å². The predicted molar refractivity (Wildman–Crippen MR) is 150 cm³/mol. The lowest BCUT2D eigenvalue weighted by Gasteiger charge is -2.14. The number of hydrogen-bond acceptors (Lipinski definition) is 6. The van der Waals surface area contributed by atoms with Gasteiger partial charge in [0.2, 0.25) is 5.91 Å². The fourth-order valence-corrected chi connectivity index (χ4v) is 4.31. The molecule has 10 heteroatoms. The summed E-state index contributed by atoms with van der Waals surface area (Å²) in [6.45, 7) is -0.0665. The zero-order chi connectivity index (χ0) is 28.1. The van der Waals surface area contributed by atoms with Crippen LogP contribution in [-0.4, -0.2) is 28.1 Å². The maximum Gasteiger partial charge on any atom is 0.332 e. The average Bonchev–Trinajstić information content (AvgIpc) is 3.51. The van der Waals surface area contributed by atoms with Crippen LogP contribution in [0.3, 0.4) is 0 Å². The Hall–Kier alpha value is -5.38. The highest BCUT2D eigenvalue weighted by molar-refractivity contribution is 5.94. The molecule has 40 heavy (non-hydrogen) atoms. The smallest absolute Gasteiger partial charge is 0.332 e. The summed E-state index contributed by atoms with van der Waals surface area (Å²) in [4.78, 5) is 52.1. The number of nitrogens with one attached hydrogen (secondary N) is 2. The van der Waals surface area contributed by atoms with Gasteiger partial charge < -0.3 is 19.8 Å². The van der Waals surface area contributed by atoms with Crippen molar-refractivity contribution in [2.75, 3.05) is 12.4 Å². The summed E-state index contributed by atoms with van der Waals surface area (Å²) in [5, 5.41) is 5.85. The van der Waals surface area contributed by atoms with Crippen LogP contribution in [0.2, 0.25) is 0 Å². The number of carbonyl (C=O) groups is 2. The Bertz CT molecular complexity index is 1770. The normalized spacial score (nSPS) is 10.8. The molecule has 5 aromatic rings. The maximum atomic E-state index is 13.5. The molecule has 5 rings (SSSR count). The molecule has 0 saturated carbocycles. The summed E-state index contributed by atoms with van der Waals surface area (Å²) < 4.78 is 12.7. The second-order valence-electron chi connectivity index (χ2n) is 9.01. The van der Waals surface area contributed by atoms with Gasteiger partial charge in [-0.3, -0.25) is 23.5 Å². The van der Waals surface area contributed by atoms with E-state index in [1.54, 1.807) is 92.0 Å². The molecular formula is C30H26N4O6. The fourth-order valence-electron chi connectivity index (χ4n) is 4.31. The molecule has 0 spiro atoms. The van der Waals surface area contributed by atoms with Gasteiger partial charge in [-0.1, -0.05) is 24.3 Å². The quantitative estimate of drug-likeness (QED) is 0.297. The van der Waals surface area contributed by atoms with Crippen molar-refractivity contribution in [1.82, 2.24) is 14.5 Å². The Morgan fingerprint density at radius 1 is 0.875 bits per heavy atom. The number of fused-ring (bicyclic) bond motifs is 1. The third-order valence-electron chi connectivity index (χ3n) is 6.37. The molecular weight excluding hydrogens is 512 g/mol. The minimum Gasteiger partial charge on any atom is -0.497 e. The highest BCUT2D eigenvalue weighted by atomic mass is 16.5. The van der Waals surface area contributed by atoms with Crippen LogP contribution in [0.4, 0.5) is 5.69 Å². The van der Waals surface area contributed by atoms with Crippen LogP contribution in [0, 0.1) is 0 Å². The van der Waals surface area contributed by atoms with E-state index in [4.69, 9.17) is 9.15 Å². The lowest BCUT2D eigenvalue weighted by molar-refractivity contribution is -0.116. The number of para-hydroxylation sites is 1. The molecule has 2 amide bonds. The number of amides is 2. The highest BCUT2D eigenvalue weighted by Crippen LogP contribution is 2.15. The molecule has 2 N–H and O–H groups in total. The van der Waals surface area contributed by atoms with E-state index in [-0.39, 0.29) is 25.5 Å². The Labute approximate surface area is 228 Å². The van der Waals surface area contributed by atoms with Crippen molar-refractivity contribution < 1.29 is 18.7 Å². The molecule has 0 radical (unpaired) electrons. The van der Waals surface area contributed by atoms with E-state index in [0.717, 1.165) is 4.57 Å². The zero-order valence-corrected chi connectivity index (χ0v) is 21.6. The summed E-state index contributed by atoms with van der Waals surface area (Å²) in [7, 11) is 1.55. The molecule has 0 bridgehead atoms. The van der Waals surface area contributed by atoms with Gasteiger partial charge >= 0.3 is 5.69 Å². The summed E-state index contributed by atoms with van der Waals surface area (Å²) in [5.41, 5.74) is 0.897. The maximum absolute atomic E-state index is 13.5. The van der Waals surface area contributed by atoms with Gasteiger partial charge in [0.1, 0.15) is 18.1 Å². The Morgan fingerprint density at radius 2 is 1.62 bits per heavy atom. The lowest BCUT2D eigenvalue weighted by Crippen LogP contribution is -2.42. The van der Waals surface area contributed by atoms with Gasteiger partial charge in [0.05, 0.1) is 37.4 Å². The number of aromatic nitrogens is 2. The van der Waals surface area contributed by atoms with Gasteiger partial charge in [0, 0.05) is 11.3 Å². The van der Waals surface area contributed by atoms with Crippen LogP contribution in [0.1, 0.15) is 21.7 Å². The number of methoxy groups -OCH3 is 1. The van der Waals surface area contributed by atoms with E-state index in [9.17, 15) is 19.2 Å². The Balaban J connectivity index is 1.38. The van der Waals surface area contributed by atoms with Crippen molar-refractivity contribution in [3.8, 4) is 5.75 Å². The van der Waals surface area contributed by atoms with E-state index in [0.29, 0.717) is 39.2 Å². The highest BCUT2D eigenvalue weighted by Gasteiger charge is 2.16. The molecule has 2 heterocycles. The van der Waals surface area contributed by atoms with Crippen LogP contribution in [0.5, 0.6) is 5.75 Å². The van der Waals surface area contributed by atoms with E-state index in [1.165, 1.54) is 10.8 Å². The van der Waals surface area contributed by atoms with Crippen molar-refractivity contribution in [1.29, 1.82) is 0 Å². The number of hydrogen-bond donors (Lipinski definition) is 2. The topological polar surface area (TPSA) is 125 Å². The third kappa shape index (κ3) is 5.70. The molecule has 3 aromatic carbocycles. The monoisotopic (exact) mass is 538 g/mol. The first-order valence-corrected chi connectivity index (χ1v) is 12.5. The van der Waals surface area contributed by atoms with Crippen LogP contribution < -0.4 is 26.6 Å². The molecule has 0 aliphatic carbocycles. The number of carbonyl (C=O) groups excluding carboxylic acids is 2. The van der Waals surface area contributed by atoms with Crippen molar-refractivity contribution in [2.45, 2.75) is 19.6 Å². The fraction of sp³-hybridized carbons (Fsp3) is 0.133. The number of furan rings is 1. The Morgan fingerprint density at radius 3 is 2.33 bits per heavy atom. The number of rotatable bonds is 9. The van der Waals surface area contributed by atoms with Gasteiger partial charge in [0.25, 0.3) is 11.5 Å². The standard InChI is InChI=1S/C30H26N4O6/c1-39-23-14-12-22(13-15-23)32-27(35)19-33-26-7-3-2-6-25(26)29(37)34(30(33)38)18-20-8-10-21(11-9-20)28(36)31-17-24-5-4-16-40-24/h2-16H,17-19H2,1H3,(H,31,36)(H,32,35). The molecule has 202 valence electrons. The van der Waals surface area contributed by atoms with E-state index in [2.05, 4.69) is 10.6 Å². The number of ether oxygens (including phenoxy) is 1. The minimum atomic E-state index is -0.617. The molecule has 0 saturated heterocycles. The predicted octanol–water partition coefficient (Wildman–Crippen LogP) is 3.38. The van der Waals surface area contributed by atoms with Crippen LogP contribution >= 0.6 is 0 Å². The first kappa shape index (κ1) is 26.2. The SMILES string of the molecule is COc1ccc(NC(=O)Cn2c(=O)n(Cc3ccc(C(=O)NCc4ccco4)cc3)c(=O)c3ccccc32)cc1. The third-order valence-corrected chi connectivity index (χ3v) is 6.37. The molecule has 10 nitrogen and oxygen atoms in total. The minimum absolute atomic E-state index is 0.0309. The van der Waals surface area contributed by atoms with Crippen LogP contribution in [-0.2, 0) is 24.4 Å². The van der Waals surface area contributed by atoms with E-state index >= 15 is 0 Å². The molecule has 0 atom stereocenters. The Kier molecular flexibility index (Phi) is 7.58. The first-order chi connectivity index (χ1) is 19.4. The molecule has 0 fully saturated rings. The summed E-state index contributed by atoms with van der Waals surface area (Å²) >= 11 is 0. The van der Waals surface area contributed by atoms with Crippen molar-refractivity contribution in [3.05, 3.63) is 129 Å². The number of benzene rings is 3. The molecule has 0 unspecified atom stereocenters. The number of anilines is 1. The van der Waals surface area contributed by atoms with E-state index in [1.807, 2.05) is 0 Å². The van der Waals surface area contributed by atoms with Crippen molar-refractivity contribution in [2.24, 2.45) is 0 Å². The first-order valence-electron chi connectivity index (χ1n) is 12.5. The lowest BCUT2D eigenvalue weighted by atomic mass is 10.1. The molecule has 0 aliphatic heterocycles.